The highest BCUT2D eigenvalue weighted by Crippen LogP contribution is 2.31. The number of rotatable bonds is 3. The van der Waals surface area contributed by atoms with Gasteiger partial charge in [-0.05, 0) is 37.8 Å². The Bertz CT molecular complexity index is 424. The van der Waals surface area contributed by atoms with E-state index in [0.29, 0.717) is 0 Å². The Hall–Kier alpha value is -1.42. The second-order valence-electron chi connectivity index (χ2n) is 5.33. The highest BCUT2D eigenvalue weighted by atomic mass is 16.7. The molecular formula is C15H22N2O2. The zero-order chi connectivity index (χ0) is 13.1. The lowest BCUT2D eigenvalue weighted by Gasteiger charge is -2.25. The average molecular weight is 262 g/mol. The van der Waals surface area contributed by atoms with Crippen LogP contribution >= 0.6 is 0 Å². The van der Waals surface area contributed by atoms with Crippen LogP contribution in [-0.2, 0) is 4.74 Å². The van der Waals surface area contributed by atoms with Gasteiger partial charge in [-0.3, -0.25) is 0 Å². The molecule has 2 saturated heterocycles. The molecule has 0 bridgehead atoms. The van der Waals surface area contributed by atoms with Crippen molar-refractivity contribution in [3.63, 3.8) is 0 Å². The minimum atomic E-state index is -0.0937. The lowest BCUT2D eigenvalue weighted by molar-refractivity contribution is -0.105. The monoisotopic (exact) mass is 262 g/mol. The van der Waals surface area contributed by atoms with Gasteiger partial charge < -0.3 is 20.1 Å². The standard InChI is InChI=1S/C15H22N2O2/c16-13-7-6-12(19-15-5-1-4-10-18-15)11-14(13)17-8-2-3-9-17/h6-7,11,15H,1-5,8-10,16H2. The third-order valence-corrected chi connectivity index (χ3v) is 3.85. The predicted octanol–water partition coefficient (Wildman–Crippen LogP) is 2.77. The SMILES string of the molecule is Nc1ccc(OC2CCCCO2)cc1N1CCCC1. The van der Waals surface area contributed by atoms with Gasteiger partial charge in [0.15, 0.2) is 6.29 Å². The molecule has 2 aliphatic rings. The molecule has 1 atom stereocenters. The fourth-order valence-corrected chi connectivity index (χ4v) is 2.78. The molecule has 0 aromatic heterocycles. The van der Waals surface area contributed by atoms with E-state index in [1.54, 1.807) is 0 Å². The Balaban J connectivity index is 1.72. The summed E-state index contributed by atoms with van der Waals surface area (Å²) in [6.45, 7) is 2.99. The molecule has 1 aromatic carbocycles. The van der Waals surface area contributed by atoms with Crippen molar-refractivity contribution in [3.05, 3.63) is 18.2 Å². The maximum Gasteiger partial charge on any atom is 0.199 e. The summed E-state index contributed by atoms with van der Waals surface area (Å²) in [5.74, 6) is 0.864. The number of ether oxygens (including phenoxy) is 2. The maximum absolute atomic E-state index is 6.07. The summed E-state index contributed by atoms with van der Waals surface area (Å²) in [6, 6.07) is 5.93. The van der Waals surface area contributed by atoms with Gasteiger partial charge in [0, 0.05) is 25.6 Å². The van der Waals surface area contributed by atoms with Crippen LogP contribution in [0.15, 0.2) is 18.2 Å². The molecule has 2 heterocycles. The van der Waals surface area contributed by atoms with Crippen LogP contribution in [0.1, 0.15) is 32.1 Å². The Morgan fingerprint density at radius 2 is 2.00 bits per heavy atom. The van der Waals surface area contributed by atoms with Crippen molar-refractivity contribution in [1.29, 1.82) is 0 Å². The van der Waals surface area contributed by atoms with Crippen LogP contribution in [0.4, 0.5) is 11.4 Å². The number of hydrogen-bond donors (Lipinski definition) is 1. The summed E-state index contributed by atoms with van der Waals surface area (Å²) in [5.41, 5.74) is 8.01. The van der Waals surface area contributed by atoms with Crippen molar-refractivity contribution >= 4 is 11.4 Å². The van der Waals surface area contributed by atoms with Gasteiger partial charge in [0.25, 0.3) is 0 Å². The van der Waals surface area contributed by atoms with E-state index >= 15 is 0 Å². The molecule has 4 heteroatoms. The summed E-state index contributed by atoms with van der Waals surface area (Å²) in [5, 5.41) is 0. The van der Waals surface area contributed by atoms with Crippen molar-refractivity contribution in [2.45, 2.75) is 38.4 Å². The molecule has 2 N–H and O–H groups in total. The van der Waals surface area contributed by atoms with Gasteiger partial charge in [-0.25, -0.2) is 0 Å². The molecule has 1 aromatic rings. The van der Waals surface area contributed by atoms with Crippen LogP contribution in [0.25, 0.3) is 0 Å². The van der Waals surface area contributed by atoms with Gasteiger partial charge in [-0.1, -0.05) is 0 Å². The van der Waals surface area contributed by atoms with E-state index in [2.05, 4.69) is 11.0 Å². The molecule has 0 radical (unpaired) electrons. The summed E-state index contributed by atoms with van der Waals surface area (Å²) in [6.07, 6.45) is 5.69. The van der Waals surface area contributed by atoms with E-state index in [1.165, 1.54) is 19.3 Å². The fraction of sp³-hybridized carbons (Fsp3) is 0.600. The highest BCUT2D eigenvalue weighted by Gasteiger charge is 2.18. The van der Waals surface area contributed by atoms with E-state index < -0.39 is 0 Å². The van der Waals surface area contributed by atoms with E-state index in [9.17, 15) is 0 Å². The molecule has 4 nitrogen and oxygen atoms in total. The van der Waals surface area contributed by atoms with Crippen LogP contribution in [-0.4, -0.2) is 26.0 Å². The molecule has 19 heavy (non-hydrogen) atoms. The van der Waals surface area contributed by atoms with Crippen molar-refractivity contribution in [2.24, 2.45) is 0 Å². The summed E-state index contributed by atoms with van der Waals surface area (Å²) in [4.78, 5) is 2.34. The highest BCUT2D eigenvalue weighted by molar-refractivity contribution is 5.70. The summed E-state index contributed by atoms with van der Waals surface area (Å²) >= 11 is 0. The molecule has 2 fully saturated rings. The smallest absolute Gasteiger partial charge is 0.199 e. The van der Waals surface area contributed by atoms with Gasteiger partial charge in [-0.2, -0.15) is 0 Å². The maximum atomic E-state index is 6.07. The lowest BCUT2D eigenvalue weighted by atomic mass is 10.2. The molecule has 104 valence electrons. The molecule has 0 saturated carbocycles. The third kappa shape index (κ3) is 2.95. The normalized spacial score (nSPS) is 23.6. The van der Waals surface area contributed by atoms with Crippen LogP contribution in [0.2, 0.25) is 0 Å². The molecule has 0 amide bonds. The Labute approximate surface area is 114 Å². The molecule has 0 spiro atoms. The first-order valence-electron chi connectivity index (χ1n) is 7.26. The van der Waals surface area contributed by atoms with Gasteiger partial charge in [0.2, 0.25) is 0 Å². The van der Waals surface area contributed by atoms with E-state index in [1.807, 2.05) is 12.1 Å². The van der Waals surface area contributed by atoms with Crippen LogP contribution in [0.3, 0.4) is 0 Å². The van der Waals surface area contributed by atoms with Crippen molar-refractivity contribution in [3.8, 4) is 5.75 Å². The number of hydrogen-bond acceptors (Lipinski definition) is 4. The minimum absolute atomic E-state index is 0.0937. The first-order valence-corrected chi connectivity index (χ1v) is 7.26. The Kier molecular flexibility index (Phi) is 3.78. The Morgan fingerprint density at radius 1 is 1.16 bits per heavy atom. The molecule has 0 aliphatic carbocycles. The molecule has 2 aliphatic heterocycles. The van der Waals surface area contributed by atoms with Crippen LogP contribution in [0.5, 0.6) is 5.75 Å². The largest absolute Gasteiger partial charge is 0.465 e. The quantitative estimate of drug-likeness (QED) is 0.851. The van der Waals surface area contributed by atoms with Gasteiger partial charge in [-0.15, -0.1) is 0 Å². The number of nitrogens with two attached hydrogens (primary N) is 1. The first-order chi connectivity index (χ1) is 9.33. The number of anilines is 2. The zero-order valence-electron chi connectivity index (χ0n) is 11.3. The topological polar surface area (TPSA) is 47.7 Å². The molecule has 1 unspecified atom stereocenters. The second kappa shape index (κ2) is 5.70. The lowest BCUT2D eigenvalue weighted by Crippen LogP contribution is -2.25. The minimum Gasteiger partial charge on any atom is -0.465 e. The number of benzene rings is 1. The second-order valence-corrected chi connectivity index (χ2v) is 5.33. The van der Waals surface area contributed by atoms with Crippen LogP contribution in [0, 0.1) is 0 Å². The molecule has 3 rings (SSSR count). The van der Waals surface area contributed by atoms with Gasteiger partial charge in [0.05, 0.1) is 18.0 Å². The van der Waals surface area contributed by atoms with Gasteiger partial charge >= 0.3 is 0 Å². The summed E-state index contributed by atoms with van der Waals surface area (Å²) < 4.78 is 11.5. The fourth-order valence-electron chi connectivity index (χ4n) is 2.78. The van der Waals surface area contributed by atoms with E-state index in [4.69, 9.17) is 15.2 Å². The van der Waals surface area contributed by atoms with E-state index in [-0.39, 0.29) is 6.29 Å². The van der Waals surface area contributed by atoms with Gasteiger partial charge in [0.1, 0.15) is 5.75 Å². The predicted molar refractivity (Wildman–Crippen MR) is 76.5 cm³/mol. The Morgan fingerprint density at radius 3 is 2.74 bits per heavy atom. The van der Waals surface area contributed by atoms with Crippen molar-refractivity contribution in [2.75, 3.05) is 30.3 Å². The number of nitrogen functional groups attached to an aromatic ring is 1. The summed E-state index contributed by atoms with van der Waals surface area (Å²) in [7, 11) is 0. The van der Waals surface area contributed by atoms with Crippen molar-refractivity contribution in [1.82, 2.24) is 0 Å². The third-order valence-electron chi connectivity index (χ3n) is 3.85. The van der Waals surface area contributed by atoms with Crippen LogP contribution < -0.4 is 15.4 Å². The number of nitrogens with zero attached hydrogens (tertiary/aromatic N) is 1. The zero-order valence-corrected chi connectivity index (χ0v) is 11.3. The van der Waals surface area contributed by atoms with Crippen molar-refractivity contribution < 1.29 is 9.47 Å². The molecular weight excluding hydrogens is 240 g/mol. The first kappa shape index (κ1) is 12.6. The average Bonchev–Trinajstić information content (AvgIpc) is 2.96. The van der Waals surface area contributed by atoms with E-state index in [0.717, 1.165) is 49.7 Å².